The number of benzene rings is 2. The first kappa shape index (κ1) is 21.2. The predicted molar refractivity (Wildman–Crippen MR) is 118 cm³/mol. The monoisotopic (exact) mass is 407 g/mol. The van der Waals surface area contributed by atoms with Crippen molar-refractivity contribution >= 4 is 23.0 Å². The average Bonchev–Trinajstić information content (AvgIpc) is 2.71. The molecule has 1 amide bonds. The molecule has 3 aromatic rings. The first-order valence-electron chi connectivity index (χ1n) is 9.52. The Morgan fingerprint density at radius 3 is 2.27 bits per heavy atom. The Morgan fingerprint density at radius 1 is 1.03 bits per heavy atom. The van der Waals surface area contributed by atoms with Crippen LogP contribution >= 0.6 is 0 Å². The van der Waals surface area contributed by atoms with Crippen molar-refractivity contribution in [2.75, 3.05) is 14.2 Å². The van der Waals surface area contributed by atoms with Gasteiger partial charge in [0.1, 0.15) is 11.3 Å². The van der Waals surface area contributed by atoms with E-state index in [0.717, 1.165) is 5.56 Å². The molecule has 2 aromatic carbocycles. The van der Waals surface area contributed by atoms with E-state index < -0.39 is 0 Å². The number of hydrogen-bond donors (Lipinski definition) is 1. The molecule has 1 heterocycles. The quantitative estimate of drug-likeness (QED) is 0.634. The molecule has 0 spiro atoms. The lowest BCUT2D eigenvalue weighted by Gasteiger charge is -2.19. The van der Waals surface area contributed by atoms with Crippen molar-refractivity contribution < 1.29 is 18.7 Å². The van der Waals surface area contributed by atoms with Gasteiger partial charge in [0, 0.05) is 23.2 Å². The number of hydrogen-bond acceptors (Lipinski definition) is 5. The van der Waals surface area contributed by atoms with Crippen molar-refractivity contribution in [2.24, 2.45) is 0 Å². The fraction of sp³-hybridized carbons (Fsp3) is 0.250. The van der Waals surface area contributed by atoms with Crippen molar-refractivity contribution in [3.63, 3.8) is 0 Å². The Morgan fingerprint density at radius 2 is 1.67 bits per heavy atom. The summed E-state index contributed by atoms with van der Waals surface area (Å²) in [6.07, 6.45) is 2.84. The molecule has 0 saturated carbocycles. The number of carbonyl (C=O) groups is 1. The van der Waals surface area contributed by atoms with Gasteiger partial charge in [-0.1, -0.05) is 30.3 Å². The molecule has 0 atom stereocenters. The van der Waals surface area contributed by atoms with Gasteiger partial charge < -0.3 is 19.2 Å². The molecule has 0 saturated heterocycles. The third-order valence-electron chi connectivity index (χ3n) is 4.37. The molecule has 3 rings (SSSR count). The molecular weight excluding hydrogens is 382 g/mol. The number of methoxy groups -OCH3 is 2. The van der Waals surface area contributed by atoms with E-state index in [2.05, 4.69) is 5.32 Å². The van der Waals surface area contributed by atoms with Crippen LogP contribution in [0.15, 0.2) is 57.8 Å². The Hall–Kier alpha value is -3.54. The molecule has 1 aromatic heterocycles. The standard InChI is InChI=1S/C24H25NO5/c1-24(2,3)25-21(26)12-11-16-22(27)17-13-19(28-4)20(29-5)14-18(17)30-23(16)15-9-7-6-8-10-15/h6-14H,1-5H3,(H,25,26)/b12-11+. The molecule has 1 N–H and O–H groups in total. The number of rotatable bonds is 5. The Balaban J connectivity index is 2.23. The third kappa shape index (κ3) is 4.54. The Kier molecular flexibility index (Phi) is 5.96. The van der Waals surface area contributed by atoms with E-state index in [1.807, 2.05) is 51.1 Å². The number of amides is 1. The van der Waals surface area contributed by atoms with Gasteiger partial charge in [0.2, 0.25) is 11.3 Å². The molecule has 0 aliphatic carbocycles. The summed E-state index contributed by atoms with van der Waals surface area (Å²) in [6.45, 7) is 5.66. The summed E-state index contributed by atoms with van der Waals surface area (Å²) in [6, 6.07) is 12.5. The summed E-state index contributed by atoms with van der Waals surface area (Å²) in [7, 11) is 3.02. The summed E-state index contributed by atoms with van der Waals surface area (Å²) >= 11 is 0. The SMILES string of the molecule is COc1cc2oc(-c3ccccc3)c(/C=C/C(=O)NC(C)(C)C)c(=O)c2cc1OC. The fourth-order valence-electron chi connectivity index (χ4n) is 3.06. The minimum atomic E-state index is -0.387. The average molecular weight is 407 g/mol. The minimum Gasteiger partial charge on any atom is -0.493 e. The van der Waals surface area contributed by atoms with Crippen molar-refractivity contribution in [3.05, 3.63) is 64.3 Å². The van der Waals surface area contributed by atoms with Crippen LogP contribution in [0.4, 0.5) is 0 Å². The van der Waals surface area contributed by atoms with Gasteiger partial charge in [-0.2, -0.15) is 0 Å². The minimum absolute atomic E-state index is 0.268. The Bertz CT molecular complexity index is 1150. The van der Waals surface area contributed by atoms with E-state index >= 15 is 0 Å². The highest BCUT2D eigenvalue weighted by atomic mass is 16.5. The third-order valence-corrected chi connectivity index (χ3v) is 4.37. The molecule has 0 fully saturated rings. The number of fused-ring (bicyclic) bond motifs is 1. The van der Waals surface area contributed by atoms with Gasteiger partial charge in [-0.05, 0) is 32.9 Å². The van der Waals surface area contributed by atoms with Crippen LogP contribution in [-0.4, -0.2) is 25.7 Å². The summed E-state index contributed by atoms with van der Waals surface area (Å²) in [5.41, 5.74) is 0.720. The van der Waals surface area contributed by atoms with E-state index in [4.69, 9.17) is 13.9 Å². The van der Waals surface area contributed by atoms with Crippen LogP contribution in [-0.2, 0) is 4.79 Å². The van der Waals surface area contributed by atoms with E-state index in [1.54, 1.807) is 12.1 Å². The Labute approximate surface area is 175 Å². The van der Waals surface area contributed by atoms with Crippen molar-refractivity contribution in [1.82, 2.24) is 5.32 Å². The zero-order valence-electron chi connectivity index (χ0n) is 17.7. The van der Waals surface area contributed by atoms with Crippen molar-refractivity contribution in [2.45, 2.75) is 26.3 Å². The van der Waals surface area contributed by atoms with Crippen LogP contribution in [0.25, 0.3) is 28.4 Å². The lowest BCUT2D eigenvalue weighted by atomic mass is 10.0. The largest absolute Gasteiger partial charge is 0.493 e. The zero-order chi connectivity index (χ0) is 21.9. The van der Waals surface area contributed by atoms with Crippen LogP contribution < -0.4 is 20.2 Å². The second-order valence-electron chi connectivity index (χ2n) is 7.82. The molecule has 0 aliphatic heterocycles. The maximum atomic E-state index is 13.3. The van der Waals surface area contributed by atoms with Gasteiger partial charge in [0.25, 0.3) is 0 Å². The summed E-state index contributed by atoms with van der Waals surface area (Å²) in [5.74, 6) is 0.957. The first-order valence-corrected chi connectivity index (χ1v) is 9.52. The molecule has 0 bridgehead atoms. The number of nitrogens with one attached hydrogen (secondary N) is 1. The normalized spacial score (nSPS) is 11.6. The van der Waals surface area contributed by atoms with E-state index in [1.165, 1.54) is 26.4 Å². The second kappa shape index (κ2) is 8.45. The van der Waals surface area contributed by atoms with Crippen LogP contribution in [0.5, 0.6) is 11.5 Å². The molecule has 30 heavy (non-hydrogen) atoms. The highest BCUT2D eigenvalue weighted by Crippen LogP contribution is 2.34. The lowest BCUT2D eigenvalue weighted by molar-refractivity contribution is -0.117. The van der Waals surface area contributed by atoms with E-state index in [-0.39, 0.29) is 22.4 Å². The van der Waals surface area contributed by atoms with Gasteiger partial charge >= 0.3 is 0 Å². The van der Waals surface area contributed by atoms with Crippen molar-refractivity contribution in [3.8, 4) is 22.8 Å². The molecule has 156 valence electrons. The smallest absolute Gasteiger partial charge is 0.244 e. The summed E-state index contributed by atoms with van der Waals surface area (Å²) in [5, 5.41) is 3.18. The van der Waals surface area contributed by atoms with Gasteiger partial charge in [-0.15, -0.1) is 0 Å². The molecule has 6 nitrogen and oxygen atoms in total. The fourth-order valence-corrected chi connectivity index (χ4v) is 3.06. The maximum Gasteiger partial charge on any atom is 0.244 e. The molecule has 0 unspecified atom stereocenters. The lowest BCUT2D eigenvalue weighted by Crippen LogP contribution is -2.39. The topological polar surface area (TPSA) is 77.8 Å². The van der Waals surface area contributed by atoms with E-state index in [0.29, 0.717) is 28.2 Å². The van der Waals surface area contributed by atoms with Gasteiger partial charge in [0.15, 0.2) is 11.5 Å². The first-order chi connectivity index (χ1) is 14.2. The second-order valence-corrected chi connectivity index (χ2v) is 7.82. The molecule has 0 radical (unpaired) electrons. The van der Waals surface area contributed by atoms with E-state index in [9.17, 15) is 9.59 Å². The summed E-state index contributed by atoms with van der Waals surface area (Å²) in [4.78, 5) is 25.6. The van der Waals surface area contributed by atoms with Crippen LogP contribution in [0.1, 0.15) is 26.3 Å². The molecule has 0 aliphatic rings. The van der Waals surface area contributed by atoms with Crippen LogP contribution in [0, 0.1) is 0 Å². The van der Waals surface area contributed by atoms with Crippen LogP contribution in [0.2, 0.25) is 0 Å². The zero-order valence-corrected chi connectivity index (χ0v) is 17.7. The van der Waals surface area contributed by atoms with Crippen molar-refractivity contribution in [1.29, 1.82) is 0 Å². The highest BCUT2D eigenvalue weighted by molar-refractivity contribution is 5.94. The highest BCUT2D eigenvalue weighted by Gasteiger charge is 2.18. The van der Waals surface area contributed by atoms with Gasteiger partial charge in [0.05, 0.1) is 25.2 Å². The maximum absolute atomic E-state index is 13.3. The predicted octanol–water partition coefficient (Wildman–Crippen LogP) is 4.41. The van der Waals surface area contributed by atoms with Gasteiger partial charge in [-0.3, -0.25) is 9.59 Å². The van der Waals surface area contributed by atoms with Crippen LogP contribution in [0.3, 0.4) is 0 Å². The molecule has 6 heteroatoms. The van der Waals surface area contributed by atoms with Gasteiger partial charge in [-0.25, -0.2) is 0 Å². The molecular formula is C24H25NO5. The number of ether oxygens (including phenoxy) is 2. The number of carbonyl (C=O) groups excluding carboxylic acids is 1. The summed E-state index contributed by atoms with van der Waals surface area (Å²) < 4.78 is 16.8.